The first-order chi connectivity index (χ1) is 16.9. The molecule has 35 heavy (non-hydrogen) atoms. The number of hydrogen-bond acceptors (Lipinski definition) is 12. The summed E-state index contributed by atoms with van der Waals surface area (Å²) in [5.74, 6) is 0.233. The van der Waals surface area contributed by atoms with Crippen molar-refractivity contribution in [2.75, 3.05) is 20.0 Å². The molecule has 0 unspecified atom stereocenters. The van der Waals surface area contributed by atoms with E-state index in [9.17, 15) is 14.9 Å². The van der Waals surface area contributed by atoms with Gasteiger partial charge in [0, 0.05) is 23.3 Å². The second kappa shape index (κ2) is 9.65. The number of hydrogen-bond donors (Lipinski definition) is 2. The zero-order chi connectivity index (χ0) is 24.9. The predicted molar refractivity (Wildman–Crippen MR) is 120 cm³/mol. The minimum atomic E-state index is -0.724. The van der Waals surface area contributed by atoms with Crippen LogP contribution in [-0.2, 0) is 0 Å². The smallest absolute Gasteiger partial charge is 0.294 e. The Labute approximate surface area is 196 Å². The molecule has 4 rings (SSSR count). The number of carbonyl (C=O) groups excluding carboxylic acids is 1. The highest BCUT2D eigenvalue weighted by molar-refractivity contribution is 5.99. The Morgan fingerprint density at radius 3 is 2.60 bits per heavy atom. The lowest BCUT2D eigenvalue weighted by Crippen LogP contribution is -2.19. The summed E-state index contributed by atoms with van der Waals surface area (Å²) in [7, 11) is 3.02. The van der Waals surface area contributed by atoms with E-state index in [1.165, 1.54) is 44.7 Å². The summed E-state index contributed by atoms with van der Waals surface area (Å²) in [6, 6.07) is 10.5. The van der Waals surface area contributed by atoms with Crippen LogP contribution in [0.2, 0.25) is 0 Å². The normalized spacial score (nSPS) is 10.9. The van der Waals surface area contributed by atoms with Gasteiger partial charge in [-0.15, -0.1) is 5.10 Å². The molecule has 15 nitrogen and oxygen atoms in total. The SMILES string of the molecule is COc1ccc(OC)c(/C=N/NC(=O)c2nnn(-c3nonc3N)c2-c2ccc([N+](=O)[O-])cc2)c1. The van der Waals surface area contributed by atoms with Gasteiger partial charge in [-0.3, -0.25) is 14.9 Å². The van der Waals surface area contributed by atoms with E-state index in [0.29, 0.717) is 22.6 Å². The Morgan fingerprint density at radius 2 is 1.97 bits per heavy atom. The van der Waals surface area contributed by atoms with E-state index >= 15 is 0 Å². The van der Waals surface area contributed by atoms with E-state index in [2.05, 4.69) is 35.8 Å². The van der Waals surface area contributed by atoms with Gasteiger partial charge in [0.25, 0.3) is 11.6 Å². The number of nitrogens with one attached hydrogen (secondary N) is 1. The molecule has 1 amide bonds. The lowest BCUT2D eigenvalue weighted by atomic mass is 10.1. The third-order valence-electron chi connectivity index (χ3n) is 4.74. The Hall–Kier alpha value is -5.34. The summed E-state index contributed by atoms with van der Waals surface area (Å²) in [5, 5.41) is 30.0. The van der Waals surface area contributed by atoms with Gasteiger partial charge in [0.1, 0.15) is 17.2 Å². The number of hydrazone groups is 1. The van der Waals surface area contributed by atoms with Crippen molar-refractivity contribution in [3.63, 3.8) is 0 Å². The predicted octanol–water partition coefficient (Wildman–Crippen LogP) is 1.59. The molecule has 15 heteroatoms. The van der Waals surface area contributed by atoms with Crippen molar-refractivity contribution >= 4 is 23.6 Å². The van der Waals surface area contributed by atoms with E-state index in [1.807, 2.05) is 0 Å². The zero-order valence-electron chi connectivity index (χ0n) is 18.3. The minimum absolute atomic E-state index is 0.0190. The molecule has 0 saturated heterocycles. The number of aromatic nitrogens is 5. The van der Waals surface area contributed by atoms with Crippen molar-refractivity contribution in [2.45, 2.75) is 0 Å². The topological polar surface area (TPSA) is 199 Å². The van der Waals surface area contributed by atoms with Crippen LogP contribution < -0.4 is 20.6 Å². The zero-order valence-corrected chi connectivity index (χ0v) is 18.3. The van der Waals surface area contributed by atoms with Gasteiger partial charge < -0.3 is 15.2 Å². The standard InChI is InChI=1S/C20H17N9O6/c1-33-14-7-8-15(34-2)12(9-14)10-22-24-20(30)16-17(11-3-5-13(6-4-11)29(31)32)28(27-23-16)19-18(21)25-35-26-19/h3-10H,1-2H3,(H2,21,25)(H,24,30)/b22-10+. The molecule has 3 N–H and O–H groups in total. The number of nitro benzene ring substituents is 1. The minimum Gasteiger partial charge on any atom is -0.497 e. The van der Waals surface area contributed by atoms with Crippen LogP contribution in [-0.4, -0.2) is 56.6 Å². The summed E-state index contributed by atoms with van der Waals surface area (Å²) in [4.78, 5) is 23.4. The third kappa shape index (κ3) is 4.58. The number of anilines is 1. The molecule has 0 aliphatic rings. The van der Waals surface area contributed by atoms with E-state index < -0.39 is 10.8 Å². The summed E-state index contributed by atoms with van der Waals surface area (Å²) in [5.41, 5.74) is 8.89. The molecule has 0 fully saturated rings. The summed E-state index contributed by atoms with van der Waals surface area (Å²) in [6.07, 6.45) is 1.37. The second-order valence-electron chi connectivity index (χ2n) is 6.78. The molecule has 0 atom stereocenters. The first kappa shape index (κ1) is 22.8. The molecule has 0 aliphatic carbocycles. The molecular weight excluding hydrogens is 462 g/mol. The first-order valence-electron chi connectivity index (χ1n) is 9.77. The van der Waals surface area contributed by atoms with Crippen LogP contribution >= 0.6 is 0 Å². The van der Waals surface area contributed by atoms with Crippen LogP contribution in [0, 0.1) is 10.1 Å². The number of nitrogens with zero attached hydrogens (tertiary/aromatic N) is 7. The average molecular weight is 479 g/mol. The van der Waals surface area contributed by atoms with E-state index in [0.717, 1.165) is 4.68 Å². The summed E-state index contributed by atoms with van der Waals surface area (Å²) >= 11 is 0. The number of amides is 1. The Morgan fingerprint density at radius 1 is 1.20 bits per heavy atom. The molecular formula is C20H17N9O6. The fourth-order valence-electron chi connectivity index (χ4n) is 3.07. The van der Waals surface area contributed by atoms with Gasteiger partial charge in [-0.05, 0) is 40.6 Å². The number of methoxy groups -OCH3 is 2. The van der Waals surface area contributed by atoms with Crippen molar-refractivity contribution in [2.24, 2.45) is 5.10 Å². The Bertz CT molecular complexity index is 1410. The molecule has 0 bridgehead atoms. The number of carbonyl (C=O) groups is 1. The van der Waals surface area contributed by atoms with E-state index in [4.69, 9.17) is 15.2 Å². The van der Waals surface area contributed by atoms with Gasteiger partial charge in [0.15, 0.2) is 5.69 Å². The Kier molecular flexibility index (Phi) is 6.30. The maximum Gasteiger partial charge on any atom is 0.294 e. The average Bonchev–Trinajstić information content (AvgIpc) is 3.49. The van der Waals surface area contributed by atoms with Crippen LogP contribution in [0.1, 0.15) is 16.1 Å². The molecule has 178 valence electrons. The van der Waals surface area contributed by atoms with Gasteiger partial charge in [-0.2, -0.15) is 9.78 Å². The van der Waals surface area contributed by atoms with E-state index in [1.54, 1.807) is 18.2 Å². The molecule has 2 aromatic heterocycles. The second-order valence-corrected chi connectivity index (χ2v) is 6.78. The number of benzene rings is 2. The van der Waals surface area contributed by atoms with Crippen LogP contribution in [0.3, 0.4) is 0 Å². The molecule has 0 saturated carbocycles. The molecule has 0 spiro atoms. The maximum absolute atomic E-state index is 13.0. The van der Waals surface area contributed by atoms with Crippen molar-refractivity contribution < 1.29 is 23.8 Å². The van der Waals surface area contributed by atoms with Crippen LogP contribution in [0.5, 0.6) is 11.5 Å². The van der Waals surface area contributed by atoms with Gasteiger partial charge in [0.05, 0.1) is 25.4 Å². The van der Waals surface area contributed by atoms with E-state index in [-0.39, 0.29) is 28.7 Å². The number of non-ortho nitro benzene ring substituents is 1. The highest BCUT2D eigenvalue weighted by Crippen LogP contribution is 2.28. The third-order valence-corrected chi connectivity index (χ3v) is 4.74. The lowest BCUT2D eigenvalue weighted by Gasteiger charge is -2.07. The Balaban J connectivity index is 1.69. The van der Waals surface area contributed by atoms with Crippen molar-refractivity contribution in [1.29, 1.82) is 0 Å². The number of rotatable bonds is 8. The van der Waals surface area contributed by atoms with Crippen molar-refractivity contribution in [3.8, 4) is 28.6 Å². The summed E-state index contributed by atoms with van der Waals surface area (Å²) < 4.78 is 16.2. The van der Waals surface area contributed by atoms with Gasteiger partial charge in [-0.1, -0.05) is 5.21 Å². The quantitative estimate of drug-likeness (QED) is 0.211. The van der Waals surface area contributed by atoms with Crippen molar-refractivity contribution in [3.05, 3.63) is 63.8 Å². The highest BCUT2D eigenvalue weighted by Gasteiger charge is 2.25. The van der Waals surface area contributed by atoms with Gasteiger partial charge in [-0.25, -0.2) is 10.1 Å². The number of nitro groups is 1. The first-order valence-corrected chi connectivity index (χ1v) is 9.77. The fraction of sp³-hybridized carbons (Fsp3) is 0.100. The molecule has 0 aliphatic heterocycles. The fourth-order valence-corrected chi connectivity index (χ4v) is 3.07. The molecule has 0 radical (unpaired) electrons. The van der Waals surface area contributed by atoms with Crippen molar-refractivity contribution in [1.82, 2.24) is 30.7 Å². The van der Waals surface area contributed by atoms with Crippen LogP contribution in [0.4, 0.5) is 11.5 Å². The number of nitrogens with two attached hydrogens (primary N) is 1. The highest BCUT2D eigenvalue weighted by atomic mass is 16.6. The molecule has 2 aromatic carbocycles. The molecule has 4 aromatic rings. The van der Waals surface area contributed by atoms with Crippen LogP contribution in [0.25, 0.3) is 17.1 Å². The number of nitrogen functional groups attached to an aromatic ring is 1. The number of ether oxygens (including phenoxy) is 2. The largest absolute Gasteiger partial charge is 0.497 e. The van der Waals surface area contributed by atoms with Gasteiger partial charge >= 0.3 is 0 Å². The monoisotopic (exact) mass is 479 g/mol. The lowest BCUT2D eigenvalue weighted by molar-refractivity contribution is -0.384. The maximum atomic E-state index is 13.0. The molecule has 2 heterocycles. The van der Waals surface area contributed by atoms with Crippen LogP contribution in [0.15, 0.2) is 52.2 Å². The van der Waals surface area contributed by atoms with Gasteiger partial charge in [0.2, 0.25) is 11.6 Å². The summed E-state index contributed by atoms with van der Waals surface area (Å²) in [6.45, 7) is 0.